The molecule has 5 nitrogen and oxygen atoms in total. The van der Waals surface area contributed by atoms with Crippen LogP contribution in [0.25, 0.3) is 11.3 Å². The Morgan fingerprint density at radius 1 is 1.19 bits per heavy atom. The number of hydrogen-bond acceptors (Lipinski definition) is 3. The molecule has 0 bridgehead atoms. The first-order chi connectivity index (χ1) is 12.1. The molecule has 1 aromatic carbocycles. The third kappa shape index (κ3) is 6.83. The van der Waals surface area contributed by atoms with Crippen LogP contribution in [0, 0.1) is 5.92 Å². The fourth-order valence-corrected chi connectivity index (χ4v) is 3.47. The first-order valence-electron chi connectivity index (χ1n) is 9.16. The van der Waals surface area contributed by atoms with E-state index in [9.17, 15) is 4.79 Å². The summed E-state index contributed by atoms with van der Waals surface area (Å²) >= 11 is 0. The van der Waals surface area contributed by atoms with Crippen molar-refractivity contribution < 1.29 is 9.90 Å². The van der Waals surface area contributed by atoms with Gasteiger partial charge in [0.25, 0.3) is 0 Å². The van der Waals surface area contributed by atoms with Crippen LogP contribution < -0.4 is 5.32 Å². The Hall–Kier alpha value is -1.56. The molecule has 0 spiro atoms. The highest BCUT2D eigenvalue weighted by Crippen LogP contribution is 2.22. The van der Waals surface area contributed by atoms with Gasteiger partial charge in [-0.15, -0.1) is 24.8 Å². The smallest absolute Gasteiger partial charge is 0.303 e. The van der Waals surface area contributed by atoms with Crippen LogP contribution in [0.5, 0.6) is 0 Å². The number of imidazole rings is 1. The standard InChI is InChI=1S/C20H27N3O2.2ClH/c1-23-14-18(17-6-2-15(3-7-17)5-9-20(24)25)22-19(23)8-4-16-10-12-21-13-11-16;;/h2-3,6-7,14,16,21H,4-5,8-13H2,1H3,(H,24,25);2*1H. The number of rotatable bonds is 7. The van der Waals surface area contributed by atoms with Gasteiger partial charge in [0.05, 0.1) is 5.69 Å². The Morgan fingerprint density at radius 3 is 2.48 bits per heavy atom. The quantitative estimate of drug-likeness (QED) is 0.722. The van der Waals surface area contributed by atoms with E-state index >= 15 is 0 Å². The minimum absolute atomic E-state index is 0. The van der Waals surface area contributed by atoms with Gasteiger partial charge in [-0.2, -0.15) is 0 Å². The average Bonchev–Trinajstić information content (AvgIpc) is 3.00. The summed E-state index contributed by atoms with van der Waals surface area (Å²) in [6.07, 6.45) is 7.61. The van der Waals surface area contributed by atoms with Crippen LogP contribution in [-0.4, -0.2) is 33.7 Å². The highest BCUT2D eigenvalue weighted by Gasteiger charge is 2.15. The summed E-state index contributed by atoms with van der Waals surface area (Å²) in [6, 6.07) is 8.08. The van der Waals surface area contributed by atoms with E-state index in [4.69, 9.17) is 10.1 Å². The number of halogens is 2. The van der Waals surface area contributed by atoms with Gasteiger partial charge in [0.1, 0.15) is 5.82 Å². The lowest BCUT2D eigenvalue weighted by atomic mass is 9.93. The number of benzene rings is 1. The Balaban J connectivity index is 0.00000182. The van der Waals surface area contributed by atoms with Gasteiger partial charge in [-0.3, -0.25) is 4.79 Å². The molecule has 0 unspecified atom stereocenters. The summed E-state index contributed by atoms with van der Waals surface area (Å²) in [5.41, 5.74) is 3.13. The summed E-state index contributed by atoms with van der Waals surface area (Å²) in [4.78, 5) is 15.5. The Bertz CT molecular complexity index is 711. The van der Waals surface area contributed by atoms with Crippen LogP contribution in [-0.2, 0) is 24.7 Å². The van der Waals surface area contributed by atoms with Crippen LogP contribution in [0.1, 0.15) is 37.1 Å². The van der Waals surface area contributed by atoms with Gasteiger partial charge in [-0.05, 0) is 50.3 Å². The maximum Gasteiger partial charge on any atom is 0.303 e. The SMILES string of the molecule is Cl.Cl.Cn1cc(-c2ccc(CCC(=O)O)cc2)nc1CCC1CCNCC1. The molecule has 1 aliphatic heterocycles. The van der Waals surface area contributed by atoms with Crippen molar-refractivity contribution in [1.82, 2.24) is 14.9 Å². The van der Waals surface area contributed by atoms with Crippen molar-refractivity contribution in [3.63, 3.8) is 0 Å². The lowest BCUT2D eigenvalue weighted by Gasteiger charge is -2.22. The van der Waals surface area contributed by atoms with Crippen LogP contribution >= 0.6 is 24.8 Å². The van der Waals surface area contributed by atoms with Crippen LogP contribution in [0.2, 0.25) is 0 Å². The summed E-state index contributed by atoms with van der Waals surface area (Å²) in [7, 11) is 2.06. The van der Waals surface area contributed by atoms with E-state index in [2.05, 4.69) is 23.1 Å². The van der Waals surface area contributed by atoms with Gasteiger partial charge in [0.15, 0.2) is 0 Å². The number of nitrogens with zero attached hydrogens (tertiary/aromatic N) is 2. The summed E-state index contributed by atoms with van der Waals surface area (Å²) < 4.78 is 2.13. The van der Waals surface area contributed by atoms with Gasteiger partial charge < -0.3 is 15.0 Å². The molecule has 0 atom stereocenters. The van der Waals surface area contributed by atoms with E-state index in [-0.39, 0.29) is 31.2 Å². The molecule has 0 radical (unpaired) electrons. The summed E-state index contributed by atoms with van der Waals surface area (Å²) in [5, 5.41) is 12.2. The molecule has 27 heavy (non-hydrogen) atoms. The Morgan fingerprint density at radius 2 is 1.85 bits per heavy atom. The maximum atomic E-state index is 10.7. The second-order valence-electron chi connectivity index (χ2n) is 6.98. The maximum absolute atomic E-state index is 10.7. The minimum Gasteiger partial charge on any atom is -0.481 e. The molecule has 0 aliphatic carbocycles. The molecular formula is C20H29Cl2N3O2. The number of carbonyl (C=O) groups is 1. The van der Waals surface area contributed by atoms with Crippen molar-refractivity contribution >= 4 is 30.8 Å². The molecule has 2 N–H and O–H groups in total. The predicted octanol–water partition coefficient (Wildman–Crippen LogP) is 3.88. The number of piperidine rings is 1. The number of aliphatic carboxylic acids is 1. The molecule has 0 amide bonds. The van der Waals surface area contributed by atoms with Crippen molar-refractivity contribution in [3.8, 4) is 11.3 Å². The zero-order valence-electron chi connectivity index (χ0n) is 15.7. The fourth-order valence-electron chi connectivity index (χ4n) is 3.47. The summed E-state index contributed by atoms with van der Waals surface area (Å²) in [6.45, 7) is 2.29. The lowest BCUT2D eigenvalue weighted by Crippen LogP contribution is -2.28. The van der Waals surface area contributed by atoms with Gasteiger partial charge in [0.2, 0.25) is 0 Å². The third-order valence-corrected chi connectivity index (χ3v) is 5.08. The summed E-state index contributed by atoms with van der Waals surface area (Å²) in [5.74, 6) is 1.20. The highest BCUT2D eigenvalue weighted by atomic mass is 35.5. The normalized spacial score (nSPS) is 14.3. The number of aromatic nitrogens is 2. The molecule has 2 aromatic rings. The predicted molar refractivity (Wildman–Crippen MR) is 113 cm³/mol. The van der Waals surface area contributed by atoms with E-state index in [0.29, 0.717) is 6.42 Å². The first kappa shape index (κ1) is 23.5. The third-order valence-electron chi connectivity index (χ3n) is 5.08. The van der Waals surface area contributed by atoms with Crippen molar-refractivity contribution in [2.75, 3.05) is 13.1 Å². The van der Waals surface area contributed by atoms with Gasteiger partial charge in [0, 0.05) is 31.6 Å². The molecule has 150 valence electrons. The van der Waals surface area contributed by atoms with Crippen molar-refractivity contribution in [2.24, 2.45) is 13.0 Å². The molecular weight excluding hydrogens is 385 g/mol. The second-order valence-corrected chi connectivity index (χ2v) is 6.98. The van der Waals surface area contributed by atoms with Crippen molar-refractivity contribution in [3.05, 3.63) is 41.9 Å². The molecule has 2 heterocycles. The highest BCUT2D eigenvalue weighted by molar-refractivity contribution is 5.85. The Kier molecular flexibility index (Phi) is 9.84. The minimum atomic E-state index is -0.757. The van der Waals surface area contributed by atoms with E-state index in [0.717, 1.165) is 48.1 Å². The van der Waals surface area contributed by atoms with Crippen molar-refractivity contribution in [1.29, 1.82) is 0 Å². The number of aryl methyl sites for hydroxylation is 3. The zero-order chi connectivity index (χ0) is 17.6. The average molecular weight is 414 g/mol. The molecule has 3 rings (SSSR count). The van der Waals surface area contributed by atoms with E-state index in [1.807, 2.05) is 24.3 Å². The van der Waals surface area contributed by atoms with Crippen LogP contribution in [0.15, 0.2) is 30.5 Å². The number of nitrogens with one attached hydrogen (secondary N) is 1. The Labute approximate surface area is 173 Å². The topological polar surface area (TPSA) is 67.2 Å². The lowest BCUT2D eigenvalue weighted by molar-refractivity contribution is -0.136. The van der Waals surface area contributed by atoms with E-state index in [1.54, 1.807) is 0 Å². The largest absolute Gasteiger partial charge is 0.481 e. The first-order valence-corrected chi connectivity index (χ1v) is 9.16. The van der Waals surface area contributed by atoms with Crippen molar-refractivity contribution in [2.45, 2.75) is 38.5 Å². The van der Waals surface area contributed by atoms with Gasteiger partial charge in [-0.1, -0.05) is 24.3 Å². The van der Waals surface area contributed by atoms with Crippen LogP contribution in [0.3, 0.4) is 0 Å². The number of carboxylic acid groups (broad SMARTS) is 1. The fraction of sp³-hybridized carbons (Fsp3) is 0.500. The molecule has 1 fully saturated rings. The molecule has 1 saturated heterocycles. The molecule has 7 heteroatoms. The number of hydrogen-bond donors (Lipinski definition) is 2. The monoisotopic (exact) mass is 413 g/mol. The zero-order valence-corrected chi connectivity index (χ0v) is 17.3. The van der Waals surface area contributed by atoms with Gasteiger partial charge >= 0.3 is 5.97 Å². The number of carboxylic acids is 1. The molecule has 1 aromatic heterocycles. The molecule has 1 aliphatic rings. The molecule has 0 saturated carbocycles. The second kappa shape index (κ2) is 11.3. The van der Waals surface area contributed by atoms with E-state index in [1.165, 1.54) is 19.3 Å². The van der Waals surface area contributed by atoms with E-state index < -0.39 is 5.97 Å². The van der Waals surface area contributed by atoms with Crippen LogP contribution in [0.4, 0.5) is 0 Å². The van der Waals surface area contributed by atoms with Gasteiger partial charge in [-0.25, -0.2) is 4.98 Å².